The van der Waals surface area contributed by atoms with Gasteiger partial charge >= 0.3 is 5.97 Å². The molecule has 0 heterocycles. The van der Waals surface area contributed by atoms with Gasteiger partial charge in [-0.3, -0.25) is 4.79 Å². The van der Waals surface area contributed by atoms with Gasteiger partial charge in [0.2, 0.25) is 0 Å². The molecule has 12 heavy (non-hydrogen) atoms. The SMILES string of the molecule is C=C(C)CCSCC(N)C(=O)O. The molecule has 0 aliphatic carbocycles. The van der Waals surface area contributed by atoms with Crippen molar-refractivity contribution in [2.75, 3.05) is 11.5 Å². The summed E-state index contributed by atoms with van der Waals surface area (Å²) in [7, 11) is 0. The van der Waals surface area contributed by atoms with Crippen molar-refractivity contribution >= 4 is 17.7 Å². The predicted octanol–water partition coefficient (Wildman–Crippen LogP) is 1.10. The number of hydrogen-bond acceptors (Lipinski definition) is 3. The highest BCUT2D eigenvalue weighted by molar-refractivity contribution is 7.99. The largest absolute Gasteiger partial charge is 0.480 e. The van der Waals surface area contributed by atoms with Crippen molar-refractivity contribution in [2.24, 2.45) is 5.73 Å². The topological polar surface area (TPSA) is 63.3 Å². The van der Waals surface area contributed by atoms with Gasteiger partial charge in [0.1, 0.15) is 6.04 Å². The Bertz CT molecular complexity index is 170. The van der Waals surface area contributed by atoms with E-state index in [0.717, 1.165) is 17.7 Å². The first-order chi connectivity index (χ1) is 5.54. The molecule has 0 rings (SSSR count). The van der Waals surface area contributed by atoms with Gasteiger partial charge in [-0.15, -0.1) is 6.58 Å². The van der Waals surface area contributed by atoms with Crippen molar-refractivity contribution in [1.82, 2.24) is 0 Å². The van der Waals surface area contributed by atoms with Crippen LogP contribution in [0.3, 0.4) is 0 Å². The van der Waals surface area contributed by atoms with Crippen LogP contribution in [-0.4, -0.2) is 28.6 Å². The van der Waals surface area contributed by atoms with E-state index in [4.69, 9.17) is 10.8 Å². The van der Waals surface area contributed by atoms with E-state index in [0.29, 0.717) is 5.75 Å². The number of carbonyl (C=O) groups is 1. The Kier molecular flexibility index (Phi) is 5.84. The van der Waals surface area contributed by atoms with Crippen LogP contribution in [0.4, 0.5) is 0 Å². The zero-order chi connectivity index (χ0) is 9.56. The van der Waals surface area contributed by atoms with Crippen molar-refractivity contribution in [2.45, 2.75) is 19.4 Å². The van der Waals surface area contributed by atoms with E-state index in [1.807, 2.05) is 6.92 Å². The van der Waals surface area contributed by atoms with E-state index in [2.05, 4.69) is 6.58 Å². The minimum atomic E-state index is -0.933. The van der Waals surface area contributed by atoms with E-state index in [1.54, 1.807) is 11.8 Å². The smallest absolute Gasteiger partial charge is 0.321 e. The van der Waals surface area contributed by atoms with Crippen molar-refractivity contribution < 1.29 is 9.90 Å². The highest BCUT2D eigenvalue weighted by Gasteiger charge is 2.09. The average Bonchev–Trinajstić information content (AvgIpc) is 1.97. The van der Waals surface area contributed by atoms with Crippen LogP contribution in [-0.2, 0) is 4.79 Å². The van der Waals surface area contributed by atoms with Gasteiger partial charge in [0.25, 0.3) is 0 Å². The Balaban J connectivity index is 3.31. The van der Waals surface area contributed by atoms with Gasteiger partial charge in [0.05, 0.1) is 0 Å². The van der Waals surface area contributed by atoms with Gasteiger partial charge in [-0.25, -0.2) is 0 Å². The summed E-state index contributed by atoms with van der Waals surface area (Å²) >= 11 is 1.55. The van der Waals surface area contributed by atoms with E-state index >= 15 is 0 Å². The van der Waals surface area contributed by atoms with Crippen LogP contribution in [0.2, 0.25) is 0 Å². The van der Waals surface area contributed by atoms with Crippen LogP contribution >= 0.6 is 11.8 Å². The summed E-state index contributed by atoms with van der Waals surface area (Å²) in [6.07, 6.45) is 0.928. The molecule has 1 unspecified atom stereocenters. The molecule has 0 aliphatic rings. The van der Waals surface area contributed by atoms with Crippen molar-refractivity contribution in [3.8, 4) is 0 Å². The average molecular weight is 189 g/mol. The number of rotatable bonds is 6. The number of aliphatic carboxylic acids is 1. The van der Waals surface area contributed by atoms with Crippen molar-refractivity contribution in [3.05, 3.63) is 12.2 Å². The molecule has 0 fully saturated rings. The lowest BCUT2D eigenvalue weighted by Gasteiger charge is -2.05. The second-order valence-corrected chi connectivity index (χ2v) is 3.88. The first-order valence-electron chi connectivity index (χ1n) is 3.74. The molecule has 3 nitrogen and oxygen atoms in total. The molecule has 0 aromatic heterocycles. The Morgan fingerprint density at radius 3 is 2.75 bits per heavy atom. The van der Waals surface area contributed by atoms with Crippen LogP contribution in [0.25, 0.3) is 0 Å². The summed E-state index contributed by atoms with van der Waals surface area (Å²) in [5.74, 6) is 0.441. The molecule has 0 aliphatic heterocycles. The lowest BCUT2D eigenvalue weighted by atomic mass is 10.3. The maximum Gasteiger partial charge on any atom is 0.321 e. The number of carboxylic acids is 1. The van der Waals surface area contributed by atoms with Crippen LogP contribution < -0.4 is 5.73 Å². The fourth-order valence-corrected chi connectivity index (χ4v) is 1.58. The molecule has 0 amide bonds. The number of thioether (sulfide) groups is 1. The van der Waals surface area contributed by atoms with Crippen molar-refractivity contribution in [3.63, 3.8) is 0 Å². The Morgan fingerprint density at radius 1 is 1.75 bits per heavy atom. The number of carboxylic acid groups (broad SMARTS) is 1. The van der Waals surface area contributed by atoms with Gasteiger partial charge < -0.3 is 10.8 Å². The minimum absolute atomic E-state index is 0.475. The summed E-state index contributed by atoms with van der Waals surface area (Å²) in [5, 5.41) is 8.43. The minimum Gasteiger partial charge on any atom is -0.480 e. The summed E-state index contributed by atoms with van der Waals surface area (Å²) in [4.78, 5) is 10.3. The highest BCUT2D eigenvalue weighted by atomic mass is 32.2. The fraction of sp³-hybridized carbons (Fsp3) is 0.625. The zero-order valence-electron chi connectivity index (χ0n) is 7.25. The van der Waals surface area contributed by atoms with Gasteiger partial charge in [-0.05, 0) is 19.1 Å². The van der Waals surface area contributed by atoms with E-state index in [-0.39, 0.29) is 0 Å². The van der Waals surface area contributed by atoms with Gasteiger partial charge in [-0.1, -0.05) is 5.57 Å². The Labute approximate surface area is 77.0 Å². The molecule has 4 heteroatoms. The lowest BCUT2D eigenvalue weighted by Crippen LogP contribution is -2.32. The summed E-state index contributed by atoms with van der Waals surface area (Å²) < 4.78 is 0. The normalized spacial score (nSPS) is 12.5. The third-order valence-corrected chi connectivity index (χ3v) is 2.38. The third kappa shape index (κ3) is 6.24. The van der Waals surface area contributed by atoms with Crippen LogP contribution in [0.1, 0.15) is 13.3 Å². The summed E-state index contributed by atoms with van der Waals surface area (Å²) in [6, 6.07) is -0.736. The zero-order valence-corrected chi connectivity index (χ0v) is 8.06. The molecule has 0 aromatic rings. The maximum absolute atomic E-state index is 10.3. The van der Waals surface area contributed by atoms with Crippen LogP contribution in [0.5, 0.6) is 0 Å². The Hall–Kier alpha value is -0.480. The second kappa shape index (κ2) is 6.08. The number of nitrogens with two attached hydrogens (primary N) is 1. The molecule has 0 saturated carbocycles. The monoisotopic (exact) mass is 189 g/mol. The van der Waals surface area contributed by atoms with Gasteiger partial charge in [0, 0.05) is 5.75 Å². The molecule has 0 saturated heterocycles. The maximum atomic E-state index is 10.3. The molecular formula is C8H15NO2S. The van der Waals surface area contributed by atoms with E-state index < -0.39 is 12.0 Å². The molecular weight excluding hydrogens is 174 g/mol. The van der Waals surface area contributed by atoms with Gasteiger partial charge in [-0.2, -0.15) is 11.8 Å². The van der Waals surface area contributed by atoms with Crippen LogP contribution in [0, 0.1) is 0 Å². The molecule has 0 aromatic carbocycles. The fourth-order valence-electron chi connectivity index (χ4n) is 0.528. The number of hydrogen-bond donors (Lipinski definition) is 2. The quantitative estimate of drug-likeness (QED) is 0.485. The molecule has 70 valence electrons. The predicted molar refractivity (Wildman–Crippen MR) is 52.4 cm³/mol. The molecule has 0 bridgehead atoms. The van der Waals surface area contributed by atoms with Gasteiger partial charge in [0.15, 0.2) is 0 Å². The highest BCUT2D eigenvalue weighted by Crippen LogP contribution is 2.07. The molecule has 0 radical (unpaired) electrons. The lowest BCUT2D eigenvalue weighted by molar-refractivity contribution is -0.137. The summed E-state index contributed by atoms with van der Waals surface area (Å²) in [5.41, 5.74) is 6.41. The summed E-state index contributed by atoms with van der Waals surface area (Å²) in [6.45, 7) is 5.70. The van der Waals surface area contributed by atoms with Crippen molar-refractivity contribution in [1.29, 1.82) is 0 Å². The molecule has 3 N–H and O–H groups in total. The van der Waals surface area contributed by atoms with E-state index in [9.17, 15) is 4.79 Å². The van der Waals surface area contributed by atoms with E-state index in [1.165, 1.54) is 0 Å². The second-order valence-electron chi connectivity index (χ2n) is 2.73. The first kappa shape index (κ1) is 11.5. The standard InChI is InChI=1S/C8H15NO2S/c1-6(2)3-4-12-5-7(9)8(10)11/h7H,1,3-5,9H2,2H3,(H,10,11). The molecule has 1 atom stereocenters. The third-order valence-electron chi connectivity index (χ3n) is 1.29. The van der Waals surface area contributed by atoms with Crippen LogP contribution in [0.15, 0.2) is 12.2 Å². The molecule has 0 spiro atoms. The number of allylic oxidation sites excluding steroid dienone is 1. The first-order valence-corrected chi connectivity index (χ1v) is 4.90. The Morgan fingerprint density at radius 2 is 2.33 bits per heavy atom.